The molecule has 0 radical (unpaired) electrons. The molecule has 0 heterocycles. The van der Waals surface area contributed by atoms with Gasteiger partial charge in [-0.25, -0.2) is 12.8 Å². The smallest absolute Gasteiger partial charge is 0.264 e. The van der Waals surface area contributed by atoms with Crippen molar-refractivity contribution in [3.63, 3.8) is 0 Å². The Bertz CT molecular complexity index is 1450. The number of carbonyl (C=O) groups excluding carboxylic acids is 2. The Morgan fingerprint density at radius 3 is 2.20 bits per heavy atom. The summed E-state index contributed by atoms with van der Waals surface area (Å²) in [6, 6.07) is 17.4. The molecule has 3 aromatic rings. The lowest BCUT2D eigenvalue weighted by Crippen LogP contribution is -2.54. The number of sulfonamides is 1. The molecule has 0 saturated carbocycles. The van der Waals surface area contributed by atoms with Crippen LogP contribution in [0.1, 0.15) is 45.7 Å². The van der Waals surface area contributed by atoms with Crippen LogP contribution in [0.5, 0.6) is 5.75 Å². The van der Waals surface area contributed by atoms with Crippen molar-refractivity contribution < 1.29 is 27.1 Å². The predicted octanol–water partition coefficient (Wildman–Crippen LogP) is 5.06. The molecule has 3 rings (SSSR count). The summed E-state index contributed by atoms with van der Waals surface area (Å²) in [4.78, 5) is 28.4. The second-order valence-electron chi connectivity index (χ2n) is 10.8. The van der Waals surface area contributed by atoms with Crippen molar-refractivity contribution in [3.8, 4) is 5.75 Å². The van der Waals surface area contributed by atoms with Crippen molar-refractivity contribution >= 4 is 27.5 Å². The maximum Gasteiger partial charge on any atom is 0.264 e. The molecule has 0 unspecified atom stereocenters. The summed E-state index contributed by atoms with van der Waals surface area (Å²) in [5.41, 5.74) is 1.46. The van der Waals surface area contributed by atoms with E-state index in [9.17, 15) is 22.4 Å². The van der Waals surface area contributed by atoms with Crippen molar-refractivity contribution in [2.75, 3.05) is 17.5 Å². The molecule has 220 valence electrons. The van der Waals surface area contributed by atoms with Crippen LogP contribution in [-0.4, -0.2) is 49.9 Å². The Morgan fingerprint density at radius 2 is 1.63 bits per heavy atom. The van der Waals surface area contributed by atoms with E-state index < -0.39 is 39.9 Å². The number of rotatable bonds is 11. The average Bonchev–Trinajstić information content (AvgIpc) is 2.90. The standard InChI is InChI=1S/C31H38FN3O5S/c1-7-40-27-15-13-26(14-16-27)35(41(38,39)28-17-11-25(32)12-18-28)21-29(36)34(20-24-10-8-9-22(2)19-24)23(3)30(37)33-31(4,5)6/h8-19,23H,7,20-21H2,1-6H3,(H,33,37)/t23-/m0/s1. The van der Waals surface area contributed by atoms with Gasteiger partial charge < -0.3 is 15.0 Å². The van der Waals surface area contributed by atoms with Crippen LogP contribution in [0, 0.1) is 12.7 Å². The third-order valence-corrected chi connectivity index (χ3v) is 8.01. The third-order valence-electron chi connectivity index (χ3n) is 6.22. The highest BCUT2D eigenvalue weighted by molar-refractivity contribution is 7.92. The molecular formula is C31H38FN3O5S. The van der Waals surface area contributed by atoms with Crippen LogP contribution in [0.25, 0.3) is 0 Å². The van der Waals surface area contributed by atoms with Gasteiger partial charge in [-0.05, 0) is 95.6 Å². The Morgan fingerprint density at radius 1 is 1.00 bits per heavy atom. The number of hydrogen-bond acceptors (Lipinski definition) is 5. The summed E-state index contributed by atoms with van der Waals surface area (Å²) in [7, 11) is -4.30. The fraction of sp³-hybridized carbons (Fsp3) is 0.355. The summed E-state index contributed by atoms with van der Waals surface area (Å²) in [5.74, 6) is -0.999. The number of ether oxygens (including phenoxy) is 1. The van der Waals surface area contributed by atoms with Crippen molar-refractivity contribution in [1.82, 2.24) is 10.2 Å². The molecule has 41 heavy (non-hydrogen) atoms. The van der Waals surface area contributed by atoms with E-state index >= 15 is 0 Å². The van der Waals surface area contributed by atoms with Gasteiger partial charge in [0, 0.05) is 12.1 Å². The summed E-state index contributed by atoms with van der Waals surface area (Å²) >= 11 is 0. The molecule has 8 nitrogen and oxygen atoms in total. The number of halogens is 1. The van der Waals surface area contributed by atoms with Crippen LogP contribution in [0.4, 0.5) is 10.1 Å². The molecule has 0 aliphatic carbocycles. The molecule has 0 bridgehead atoms. The summed E-state index contributed by atoms with van der Waals surface area (Å²) in [6.45, 7) is 10.8. The number of anilines is 1. The number of benzene rings is 3. The molecule has 0 aromatic heterocycles. The van der Waals surface area contributed by atoms with E-state index in [2.05, 4.69) is 5.32 Å². The topological polar surface area (TPSA) is 96.0 Å². The molecule has 0 aliphatic heterocycles. The van der Waals surface area contributed by atoms with Crippen molar-refractivity contribution in [3.05, 3.63) is 89.7 Å². The monoisotopic (exact) mass is 583 g/mol. The van der Waals surface area contributed by atoms with Gasteiger partial charge in [-0.1, -0.05) is 29.8 Å². The summed E-state index contributed by atoms with van der Waals surface area (Å²) in [5, 5.41) is 2.90. The van der Waals surface area contributed by atoms with E-state index in [0.717, 1.165) is 39.7 Å². The van der Waals surface area contributed by atoms with Gasteiger partial charge in [0.1, 0.15) is 24.2 Å². The van der Waals surface area contributed by atoms with Crippen LogP contribution in [0.2, 0.25) is 0 Å². The van der Waals surface area contributed by atoms with E-state index in [1.807, 2.05) is 58.9 Å². The molecule has 3 aromatic carbocycles. The average molecular weight is 584 g/mol. The highest BCUT2D eigenvalue weighted by Gasteiger charge is 2.33. The van der Waals surface area contributed by atoms with E-state index in [1.54, 1.807) is 31.2 Å². The number of aryl methyl sites for hydroxylation is 1. The van der Waals surface area contributed by atoms with E-state index in [1.165, 1.54) is 4.90 Å². The zero-order valence-corrected chi connectivity index (χ0v) is 25.2. The van der Waals surface area contributed by atoms with Gasteiger partial charge in [-0.15, -0.1) is 0 Å². The van der Waals surface area contributed by atoms with Crippen molar-refractivity contribution in [2.24, 2.45) is 0 Å². The second kappa shape index (κ2) is 13.2. The van der Waals surface area contributed by atoms with Crippen LogP contribution < -0.4 is 14.4 Å². The molecule has 2 amide bonds. The van der Waals surface area contributed by atoms with Crippen LogP contribution >= 0.6 is 0 Å². The first-order valence-corrected chi connectivity index (χ1v) is 14.8. The Hall–Kier alpha value is -3.92. The zero-order valence-electron chi connectivity index (χ0n) is 24.3. The largest absolute Gasteiger partial charge is 0.494 e. The first-order valence-electron chi connectivity index (χ1n) is 13.4. The van der Waals surface area contributed by atoms with Gasteiger partial charge in [0.15, 0.2) is 0 Å². The Kier molecular flexibility index (Phi) is 10.1. The van der Waals surface area contributed by atoms with E-state index in [0.29, 0.717) is 12.4 Å². The summed E-state index contributed by atoms with van der Waals surface area (Å²) < 4.78 is 47.7. The van der Waals surface area contributed by atoms with Gasteiger partial charge in [0.25, 0.3) is 10.0 Å². The molecule has 0 saturated heterocycles. The Balaban J connectivity index is 2.04. The van der Waals surface area contributed by atoms with Gasteiger partial charge in [0.05, 0.1) is 17.2 Å². The third kappa shape index (κ3) is 8.53. The van der Waals surface area contributed by atoms with Crippen LogP contribution in [0.15, 0.2) is 77.7 Å². The van der Waals surface area contributed by atoms with Crippen molar-refractivity contribution in [2.45, 2.75) is 64.6 Å². The molecule has 0 spiro atoms. The lowest BCUT2D eigenvalue weighted by Gasteiger charge is -2.33. The predicted molar refractivity (Wildman–Crippen MR) is 158 cm³/mol. The Labute approximate surface area is 242 Å². The number of nitrogens with zero attached hydrogens (tertiary/aromatic N) is 2. The number of nitrogens with one attached hydrogen (secondary N) is 1. The maximum atomic E-state index is 14.0. The minimum atomic E-state index is -4.30. The van der Waals surface area contributed by atoms with Crippen LogP contribution in [-0.2, 0) is 26.2 Å². The minimum absolute atomic E-state index is 0.0902. The fourth-order valence-corrected chi connectivity index (χ4v) is 5.62. The highest BCUT2D eigenvalue weighted by Crippen LogP contribution is 2.27. The van der Waals surface area contributed by atoms with Gasteiger partial charge >= 0.3 is 0 Å². The highest BCUT2D eigenvalue weighted by atomic mass is 32.2. The van der Waals surface area contributed by atoms with Gasteiger partial charge in [0.2, 0.25) is 11.8 Å². The normalized spacial score (nSPS) is 12.4. The zero-order chi connectivity index (χ0) is 30.4. The molecule has 10 heteroatoms. The van der Waals surface area contributed by atoms with E-state index in [-0.39, 0.29) is 23.0 Å². The fourth-order valence-electron chi connectivity index (χ4n) is 4.20. The SMILES string of the molecule is CCOc1ccc(N(CC(=O)N(Cc2cccc(C)c2)[C@@H](C)C(=O)NC(C)(C)C)S(=O)(=O)c2ccc(F)cc2)cc1. The summed E-state index contributed by atoms with van der Waals surface area (Å²) in [6.07, 6.45) is 0. The minimum Gasteiger partial charge on any atom is -0.494 e. The first-order chi connectivity index (χ1) is 19.2. The van der Waals surface area contributed by atoms with Crippen molar-refractivity contribution in [1.29, 1.82) is 0 Å². The number of hydrogen-bond donors (Lipinski definition) is 1. The number of carbonyl (C=O) groups is 2. The lowest BCUT2D eigenvalue weighted by atomic mass is 10.1. The van der Waals surface area contributed by atoms with Gasteiger partial charge in [-0.3, -0.25) is 13.9 Å². The molecular weight excluding hydrogens is 545 g/mol. The molecule has 1 atom stereocenters. The molecule has 0 fully saturated rings. The van der Waals surface area contributed by atoms with Crippen LogP contribution in [0.3, 0.4) is 0 Å². The molecule has 0 aliphatic rings. The number of amides is 2. The lowest BCUT2D eigenvalue weighted by molar-refractivity contribution is -0.140. The van der Waals surface area contributed by atoms with Gasteiger partial charge in [-0.2, -0.15) is 0 Å². The quantitative estimate of drug-likeness (QED) is 0.341. The van der Waals surface area contributed by atoms with E-state index in [4.69, 9.17) is 4.74 Å². The molecule has 1 N–H and O–H groups in total. The first kappa shape index (κ1) is 31.6. The second-order valence-corrected chi connectivity index (χ2v) is 12.7. The maximum absolute atomic E-state index is 14.0.